The fourth-order valence-corrected chi connectivity index (χ4v) is 10.2. The van der Waals surface area contributed by atoms with Crippen molar-refractivity contribution in [1.29, 1.82) is 0 Å². The molecule has 4 nitrogen and oxygen atoms in total. The average Bonchev–Trinajstić information content (AvgIpc) is 3.94. The number of para-hydroxylation sites is 3. The predicted molar refractivity (Wildman–Crippen MR) is 243 cm³/mol. The minimum Gasteiger partial charge on any atom is -0.309 e. The van der Waals surface area contributed by atoms with Crippen LogP contribution in [0, 0.1) is 0 Å². The maximum Gasteiger partial charge on any atom is 0.230 e. The van der Waals surface area contributed by atoms with Gasteiger partial charge in [0, 0.05) is 60.4 Å². The van der Waals surface area contributed by atoms with Crippen LogP contribution in [0.4, 0.5) is 0 Å². The fraction of sp³-hybridized carbons (Fsp3) is 0.0385. The van der Waals surface area contributed by atoms with Crippen molar-refractivity contribution < 1.29 is 0 Å². The molecule has 5 heteroatoms. The third-order valence-corrected chi connectivity index (χ3v) is 12.9. The van der Waals surface area contributed by atoms with E-state index in [1.807, 2.05) is 11.3 Å². The van der Waals surface area contributed by atoms with Gasteiger partial charge >= 0.3 is 0 Å². The molecular weight excluding hydrogens is 713 g/mol. The summed E-state index contributed by atoms with van der Waals surface area (Å²) in [6, 6.07) is 66.0. The summed E-state index contributed by atoms with van der Waals surface area (Å²) >= 11 is 1.87. The number of hydrogen-bond donors (Lipinski definition) is 0. The molecule has 12 rings (SSSR count). The van der Waals surface area contributed by atoms with Gasteiger partial charge in [-0.1, -0.05) is 127 Å². The van der Waals surface area contributed by atoms with Gasteiger partial charge in [-0.2, -0.15) is 0 Å². The Bertz CT molecular complexity index is 3450. The molecule has 8 aromatic carbocycles. The lowest BCUT2D eigenvalue weighted by Crippen LogP contribution is -2.19. The largest absolute Gasteiger partial charge is 0.309 e. The molecule has 0 saturated carbocycles. The normalized spacial score (nSPS) is 13.3. The molecule has 0 unspecified atom stereocenters. The second-order valence-electron chi connectivity index (χ2n) is 14.9. The summed E-state index contributed by atoms with van der Waals surface area (Å²) in [4.78, 5) is 10.3. The van der Waals surface area contributed by atoms with Gasteiger partial charge in [0.2, 0.25) is 5.96 Å². The third-order valence-electron chi connectivity index (χ3n) is 11.7. The lowest BCUT2D eigenvalue weighted by molar-refractivity contribution is 0.984. The SMILES string of the molecule is c1ccc(-n2c3ccccc3c3cc(-c4ccc5c(c4)c4ccccc4n5C4=NCCC(c5ccc(-c6cccc7c6sc6ccccc67)cc5)=N4)ccc32)cc1. The van der Waals surface area contributed by atoms with E-state index in [1.54, 1.807) is 0 Å². The van der Waals surface area contributed by atoms with E-state index in [9.17, 15) is 0 Å². The summed E-state index contributed by atoms with van der Waals surface area (Å²) in [6.07, 6.45) is 0.805. The van der Waals surface area contributed by atoms with Crippen LogP contribution in [-0.4, -0.2) is 27.4 Å². The standard InChI is InChI=1S/C52H34N4S/c1-2-11-37(12-3-1)55-46-18-7-4-13-39(46)43-31-35(25-27-48(43)55)36-26-28-49-44(32-36)40-14-5-8-19-47(40)56(49)52-53-30-29-45(54-52)34-23-21-33(22-24-34)38-16-10-17-42-41-15-6-9-20-50(41)57-51(38)42/h1-28,31-32H,29-30H2. The molecule has 0 spiro atoms. The minimum absolute atomic E-state index is 0.694. The Morgan fingerprint density at radius 1 is 0.421 bits per heavy atom. The Balaban J connectivity index is 0.925. The van der Waals surface area contributed by atoms with Crippen LogP contribution in [0.25, 0.3) is 91.7 Å². The van der Waals surface area contributed by atoms with Crippen molar-refractivity contribution in [2.24, 2.45) is 9.98 Å². The molecule has 4 heterocycles. The predicted octanol–water partition coefficient (Wildman–Crippen LogP) is 13.7. The highest BCUT2D eigenvalue weighted by atomic mass is 32.1. The Kier molecular flexibility index (Phi) is 7.19. The van der Waals surface area contributed by atoms with Crippen LogP contribution in [-0.2, 0) is 0 Å². The van der Waals surface area contributed by atoms with E-state index in [4.69, 9.17) is 9.98 Å². The maximum absolute atomic E-state index is 5.28. The highest BCUT2D eigenvalue weighted by Gasteiger charge is 2.20. The highest BCUT2D eigenvalue weighted by Crippen LogP contribution is 2.41. The molecule has 1 aliphatic rings. The first-order chi connectivity index (χ1) is 28.3. The summed E-state index contributed by atoms with van der Waals surface area (Å²) < 4.78 is 7.28. The Labute approximate surface area is 332 Å². The van der Waals surface area contributed by atoms with E-state index in [-0.39, 0.29) is 0 Å². The van der Waals surface area contributed by atoms with Gasteiger partial charge < -0.3 is 4.57 Å². The molecule has 0 atom stereocenters. The van der Waals surface area contributed by atoms with E-state index >= 15 is 0 Å². The van der Waals surface area contributed by atoms with Crippen LogP contribution in [0.15, 0.2) is 192 Å². The van der Waals surface area contributed by atoms with Gasteiger partial charge in [0.05, 0.1) is 27.8 Å². The van der Waals surface area contributed by atoms with E-state index in [2.05, 4.69) is 191 Å². The van der Waals surface area contributed by atoms with Gasteiger partial charge in [-0.15, -0.1) is 11.3 Å². The molecule has 0 aliphatic carbocycles. The second kappa shape index (κ2) is 12.7. The van der Waals surface area contributed by atoms with Crippen LogP contribution in [0.1, 0.15) is 12.0 Å². The summed E-state index contributed by atoms with van der Waals surface area (Å²) in [5, 5.41) is 7.54. The minimum atomic E-state index is 0.694. The zero-order valence-electron chi connectivity index (χ0n) is 30.9. The Hall–Kier alpha value is -7.08. The number of rotatable bonds is 4. The number of fused-ring (bicyclic) bond motifs is 9. The van der Waals surface area contributed by atoms with Crippen LogP contribution >= 0.6 is 11.3 Å². The number of hydrogen-bond acceptors (Lipinski definition) is 3. The first-order valence-corrected chi connectivity index (χ1v) is 20.3. The van der Waals surface area contributed by atoms with Gasteiger partial charge in [0.25, 0.3) is 0 Å². The number of aliphatic imine (C=N–C) groups is 2. The molecule has 11 aromatic rings. The van der Waals surface area contributed by atoms with Gasteiger partial charge in [-0.3, -0.25) is 9.56 Å². The molecule has 268 valence electrons. The summed E-state index contributed by atoms with van der Waals surface area (Å²) in [7, 11) is 0. The van der Waals surface area contributed by atoms with Crippen molar-refractivity contribution in [2.45, 2.75) is 6.42 Å². The number of aromatic nitrogens is 2. The van der Waals surface area contributed by atoms with E-state index in [0.29, 0.717) is 6.54 Å². The highest BCUT2D eigenvalue weighted by molar-refractivity contribution is 7.26. The van der Waals surface area contributed by atoms with Crippen molar-refractivity contribution in [3.8, 4) is 27.9 Å². The van der Waals surface area contributed by atoms with E-state index in [1.165, 1.54) is 80.7 Å². The smallest absolute Gasteiger partial charge is 0.230 e. The van der Waals surface area contributed by atoms with Crippen molar-refractivity contribution in [3.05, 3.63) is 188 Å². The quantitative estimate of drug-likeness (QED) is 0.172. The van der Waals surface area contributed by atoms with Crippen LogP contribution in [0.2, 0.25) is 0 Å². The summed E-state index contributed by atoms with van der Waals surface area (Å²) in [6.45, 7) is 0.694. The van der Waals surface area contributed by atoms with E-state index in [0.717, 1.165) is 34.7 Å². The van der Waals surface area contributed by atoms with Gasteiger partial charge in [-0.25, -0.2) is 4.99 Å². The van der Waals surface area contributed by atoms with Gasteiger partial charge in [-0.05, 0) is 82.4 Å². The molecule has 0 amide bonds. The van der Waals surface area contributed by atoms with Gasteiger partial charge in [0.1, 0.15) is 0 Å². The van der Waals surface area contributed by atoms with E-state index < -0.39 is 0 Å². The molecule has 57 heavy (non-hydrogen) atoms. The monoisotopic (exact) mass is 746 g/mol. The van der Waals surface area contributed by atoms with Crippen LogP contribution < -0.4 is 0 Å². The van der Waals surface area contributed by atoms with Crippen molar-refractivity contribution in [3.63, 3.8) is 0 Å². The molecule has 0 N–H and O–H groups in total. The maximum atomic E-state index is 5.28. The molecule has 0 fully saturated rings. The zero-order chi connectivity index (χ0) is 37.5. The average molecular weight is 747 g/mol. The summed E-state index contributed by atoms with van der Waals surface area (Å²) in [5.41, 5.74) is 12.9. The molecule has 0 saturated heterocycles. The van der Waals surface area contributed by atoms with Crippen molar-refractivity contribution in [1.82, 2.24) is 9.13 Å². The molecule has 0 bridgehead atoms. The first kappa shape index (κ1) is 32.2. The summed E-state index contributed by atoms with van der Waals surface area (Å²) in [5.74, 6) is 0.740. The third kappa shape index (κ3) is 5.06. The molecular formula is C52H34N4S. The number of thiophene rings is 1. The molecule has 0 radical (unpaired) electrons. The lowest BCUT2D eigenvalue weighted by atomic mass is 9.99. The Morgan fingerprint density at radius 2 is 0.982 bits per heavy atom. The first-order valence-electron chi connectivity index (χ1n) is 19.5. The fourth-order valence-electron chi connectivity index (χ4n) is 9.00. The number of nitrogens with zero attached hydrogens (tertiary/aromatic N) is 4. The lowest BCUT2D eigenvalue weighted by Gasteiger charge is -2.15. The van der Waals surface area contributed by atoms with Crippen LogP contribution in [0.5, 0.6) is 0 Å². The van der Waals surface area contributed by atoms with Crippen molar-refractivity contribution >= 4 is 86.8 Å². The Morgan fingerprint density at radius 3 is 1.72 bits per heavy atom. The zero-order valence-corrected chi connectivity index (χ0v) is 31.7. The van der Waals surface area contributed by atoms with Crippen molar-refractivity contribution in [2.75, 3.05) is 6.54 Å². The van der Waals surface area contributed by atoms with Gasteiger partial charge in [0.15, 0.2) is 0 Å². The molecule has 1 aliphatic heterocycles. The number of benzene rings is 8. The second-order valence-corrected chi connectivity index (χ2v) is 15.9. The topological polar surface area (TPSA) is 34.6 Å². The van der Waals surface area contributed by atoms with Crippen LogP contribution in [0.3, 0.4) is 0 Å². The molecule has 3 aromatic heterocycles.